The van der Waals surface area contributed by atoms with Crippen molar-refractivity contribution >= 4 is 17.8 Å². The number of para-hydroxylation sites is 1. The molecule has 1 fully saturated rings. The zero-order valence-electron chi connectivity index (χ0n) is 20.9. The molecule has 1 aliphatic rings. The highest BCUT2D eigenvalue weighted by molar-refractivity contribution is 5.91. The highest BCUT2D eigenvalue weighted by Crippen LogP contribution is 2.31. The van der Waals surface area contributed by atoms with Crippen molar-refractivity contribution in [2.24, 2.45) is 7.05 Å². The van der Waals surface area contributed by atoms with E-state index in [1.807, 2.05) is 55.4 Å². The summed E-state index contributed by atoms with van der Waals surface area (Å²) in [6, 6.07) is 12.0. The summed E-state index contributed by atoms with van der Waals surface area (Å²) in [5, 5.41) is 15.1. The van der Waals surface area contributed by atoms with Gasteiger partial charge in [-0.3, -0.25) is 14.9 Å². The van der Waals surface area contributed by atoms with Crippen LogP contribution >= 0.6 is 0 Å². The molecule has 11 heteroatoms. The van der Waals surface area contributed by atoms with E-state index in [9.17, 15) is 9.59 Å². The third-order valence-electron chi connectivity index (χ3n) is 6.49. The number of rotatable bonds is 7. The predicted octanol–water partition coefficient (Wildman–Crippen LogP) is 3.28. The maximum Gasteiger partial charge on any atom is 0.331 e. The van der Waals surface area contributed by atoms with E-state index in [-0.39, 0.29) is 12.1 Å². The van der Waals surface area contributed by atoms with E-state index in [1.165, 1.54) is 13.4 Å². The van der Waals surface area contributed by atoms with Crippen LogP contribution in [0.25, 0.3) is 16.9 Å². The molecule has 0 bridgehead atoms. The summed E-state index contributed by atoms with van der Waals surface area (Å²) in [5.74, 6) is 0.688. The van der Waals surface area contributed by atoms with Crippen LogP contribution < -0.4 is 10.6 Å². The van der Waals surface area contributed by atoms with Crippen LogP contribution in [0, 0.1) is 6.92 Å². The molecule has 0 saturated carbocycles. The SMILES string of the molecule is COC(=O)C(c1ccco1)N1CC[C@H](NC(=O)Nc2c(C)c(-c3cnn(C)c3)nn2-c2ccccc2)C1. The minimum absolute atomic E-state index is 0.159. The van der Waals surface area contributed by atoms with E-state index < -0.39 is 12.0 Å². The van der Waals surface area contributed by atoms with Crippen LogP contribution in [0.4, 0.5) is 10.6 Å². The second-order valence-electron chi connectivity index (χ2n) is 8.99. The molecule has 37 heavy (non-hydrogen) atoms. The Hall–Kier alpha value is -4.38. The Balaban J connectivity index is 1.33. The number of nitrogens with zero attached hydrogens (tertiary/aromatic N) is 5. The molecular formula is C26H29N7O4. The van der Waals surface area contributed by atoms with Crippen LogP contribution in [0.3, 0.4) is 0 Å². The summed E-state index contributed by atoms with van der Waals surface area (Å²) >= 11 is 0. The van der Waals surface area contributed by atoms with E-state index in [2.05, 4.69) is 15.7 Å². The number of carbonyl (C=O) groups excluding carboxylic acids is 2. The van der Waals surface area contributed by atoms with Crippen molar-refractivity contribution in [1.82, 2.24) is 29.8 Å². The third kappa shape index (κ3) is 4.98. The molecule has 1 unspecified atom stereocenters. The van der Waals surface area contributed by atoms with Crippen molar-refractivity contribution < 1.29 is 18.7 Å². The number of ether oxygens (including phenoxy) is 1. The monoisotopic (exact) mass is 503 g/mol. The number of hydrogen-bond acceptors (Lipinski definition) is 7. The van der Waals surface area contributed by atoms with Gasteiger partial charge in [0.15, 0.2) is 6.04 Å². The molecule has 0 spiro atoms. The molecule has 0 radical (unpaired) electrons. The van der Waals surface area contributed by atoms with Crippen LogP contribution in [-0.2, 0) is 16.6 Å². The van der Waals surface area contributed by atoms with Crippen LogP contribution in [0.5, 0.6) is 0 Å². The zero-order valence-corrected chi connectivity index (χ0v) is 20.9. The number of nitrogens with one attached hydrogen (secondary N) is 2. The number of aryl methyl sites for hydroxylation is 1. The summed E-state index contributed by atoms with van der Waals surface area (Å²) in [6.07, 6.45) is 5.85. The molecule has 192 valence electrons. The highest BCUT2D eigenvalue weighted by Gasteiger charge is 2.36. The van der Waals surface area contributed by atoms with Gasteiger partial charge >= 0.3 is 12.0 Å². The fraction of sp³-hybridized carbons (Fsp3) is 0.308. The predicted molar refractivity (Wildman–Crippen MR) is 136 cm³/mol. The van der Waals surface area contributed by atoms with Gasteiger partial charge in [0.25, 0.3) is 0 Å². The number of hydrogen-bond donors (Lipinski definition) is 2. The molecule has 5 rings (SSSR count). The first-order valence-corrected chi connectivity index (χ1v) is 12.0. The molecule has 4 aromatic rings. The minimum atomic E-state index is -0.654. The molecule has 2 amide bonds. The molecule has 1 aromatic carbocycles. The van der Waals surface area contributed by atoms with Crippen molar-refractivity contribution in [1.29, 1.82) is 0 Å². The van der Waals surface area contributed by atoms with Gasteiger partial charge in [-0.05, 0) is 37.6 Å². The maximum absolute atomic E-state index is 13.1. The number of amides is 2. The van der Waals surface area contributed by atoms with E-state index >= 15 is 0 Å². The van der Waals surface area contributed by atoms with Crippen molar-refractivity contribution in [2.45, 2.75) is 25.4 Å². The summed E-state index contributed by atoms with van der Waals surface area (Å²) in [5.41, 5.74) is 3.24. The second-order valence-corrected chi connectivity index (χ2v) is 8.99. The largest absolute Gasteiger partial charge is 0.467 e. The Labute approximate surface area is 214 Å². The maximum atomic E-state index is 13.1. The van der Waals surface area contributed by atoms with Gasteiger partial charge < -0.3 is 14.5 Å². The molecule has 2 atom stereocenters. The van der Waals surface area contributed by atoms with Gasteiger partial charge in [0.05, 0.1) is 25.3 Å². The molecule has 3 aromatic heterocycles. The topological polar surface area (TPSA) is 119 Å². The number of aromatic nitrogens is 4. The Kier molecular flexibility index (Phi) is 6.78. The molecule has 1 saturated heterocycles. The normalized spacial score (nSPS) is 16.5. The standard InChI is InChI=1S/C26H29N7O4/c1-17-22(18-14-27-31(2)15-18)30-33(20-8-5-4-6-9-20)24(17)29-26(35)28-19-11-12-32(16-19)23(25(34)36-3)21-10-7-13-37-21/h4-10,13-15,19,23H,11-12,16H2,1-3H3,(H2,28,29,35)/t19-,23?/m0/s1. The Morgan fingerprint density at radius 2 is 2.00 bits per heavy atom. The van der Waals surface area contributed by atoms with Gasteiger partial charge in [-0.25, -0.2) is 14.3 Å². The molecule has 11 nitrogen and oxygen atoms in total. The fourth-order valence-electron chi connectivity index (χ4n) is 4.69. The number of benzene rings is 1. The van der Waals surface area contributed by atoms with Crippen molar-refractivity contribution in [2.75, 3.05) is 25.5 Å². The number of urea groups is 1. The second kappa shape index (κ2) is 10.3. The summed E-state index contributed by atoms with van der Waals surface area (Å²) in [6.45, 7) is 3.01. The Morgan fingerprint density at radius 1 is 1.19 bits per heavy atom. The summed E-state index contributed by atoms with van der Waals surface area (Å²) < 4.78 is 13.9. The lowest BCUT2D eigenvalue weighted by atomic mass is 10.1. The first-order valence-electron chi connectivity index (χ1n) is 12.0. The van der Waals surface area contributed by atoms with Gasteiger partial charge in [-0.1, -0.05) is 18.2 Å². The smallest absolute Gasteiger partial charge is 0.331 e. The molecule has 2 N–H and O–H groups in total. The lowest BCUT2D eigenvalue weighted by molar-refractivity contribution is -0.147. The number of furan rings is 1. The highest BCUT2D eigenvalue weighted by atomic mass is 16.5. The first-order chi connectivity index (χ1) is 17.9. The van der Waals surface area contributed by atoms with E-state index in [0.717, 1.165) is 22.5 Å². The lowest BCUT2D eigenvalue weighted by Gasteiger charge is -2.24. The summed E-state index contributed by atoms with van der Waals surface area (Å²) in [4.78, 5) is 27.6. The van der Waals surface area contributed by atoms with Crippen LogP contribution in [0.1, 0.15) is 23.8 Å². The van der Waals surface area contributed by atoms with E-state index in [0.29, 0.717) is 31.1 Å². The van der Waals surface area contributed by atoms with E-state index in [1.54, 1.807) is 27.7 Å². The van der Waals surface area contributed by atoms with Crippen LogP contribution in [0.2, 0.25) is 0 Å². The number of esters is 1. The quantitative estimate of drug-likeness (QED) is 0.372. The molecule has 0 aliphatic carbocycles. The Bertz CT molecular complexity index is 1380. The number of carbonyl (C=O) groups is 2. The van der Waals surface area contributed by atoms with Gasteiger partial charge in [0, 0.05) is 43.5 Å². The van der Waals surface area contributed by atoms with Crippen molar-refractivity contribution in [3.05, 3.63) is 72.4 Å². The lowest BCUT2D eigenvalue weighted by Crippen LogP contribution is -2.41. The van der Waals surface area contributed by atoms with Gasteiger partial charge in [-0.15, -0.1) is 0 Å². The Morgan fingerprint density at radius 3 is 2.68 bits per heavy atom. The average molecular weight is 504 g/mol. The molecule has 1 aliphatic heterocycles. The number of likely N-dealkylation sites (tertiary alicyclic amines) is 1. The van der Waals surface area contributed by atoms with Gasteiger partial charge in [0.2, 0.25) is 0 Å². The van der Waals surface area contributed by atoms with Gasteiger partial charge in [0.1, 0.15) is 17.3 Å². The minimum Gasteiger partial charge on any atom is -0.467 e. The first kappa shape index (κ1) is 24.3. The number of anilines is 1. The van der Waals surface area contributed by atoms with E-state index in [4.69, 9.17) is 14.3 Å². The third-order valence-corrected chi connectivity index (χ3v) is 6.49. The van der Waals surface area contributed by atoms with Crippen LogP contribution in [0.15, 0.2) is 65.5 Å². The van der Waals surface area contributed by atoms with Crippen molar-refractivity contribution in [3.8, 4) is 16.9 Å². The number of methoxy groups -OCH3 is 1. The summed E-state index contributed by atoms with van der Waals surface area (Å²) in [7, 11) is 3.21. The average Bonchev–Trinajstić information content (AvgIpc) is 3.70. The van der Waals surface area contributed by atoms with Crippen LogP contribution in [-0.4, -0.2) is 62.7 Å². The molecule has 4 heterocycles. The van der Waals surface area contributed by atoms with Crippen molar-refractivity contribution in [3.63, 3.8) is 0 Å². The fourth-order valence-corrected chi connectivity index (χ4v) is 4.69. The van der Waals surface area contributed by atoms with Gasteiger partial charge in [-0.2, -0.15) is 10.2 Å². The zero-order chi connectivity index (χ0) is 25.9. The molecular weight excluding hydrogens is 474 g/mol.